The van der Waals surface area contributed by atoms with Gasteiger partial charge in [-0.2, -0.15) is 5.26 Å². The molecule has 0 fully saturated rings. The molecule has 1 aromatic rings. The highest BCUT2D eigenvalue weighted by molar-refractivity contribution is 7.98. The van der Waals surface area contributed by atoms with E-state index in [1.54, 1.807) is 6.26 Å². The summed E-state index contributed by atoms with van der Waals surface area (Å²) in [4.78, 5) is 12.1. The van der Waals surface area contributed by atoms with Gasteiger partial charge in [-0.25, -0.2) is 0 Å². The first-order valence-electron chi connectivity index (χ1n) is 3.95. The van der Waals surface area contributed by atoms with Gasteiger partial charge in [0.15, 0.2) is 5.11 Å². The van der Waals surface area contributed by atoms with Crippen LogP contribution in [0.15, 0.2) is 4.90 Å². The number of nitrogen functional groups attached to an aromatic ring is 1. The smallest absolute Gasteiger partial charge is 0.275 e. The number of amides is 1. The van der Waals surface area contributed by atoms with E-state index in [9.17, 15) is 4.79 Å². The fourth-order valence-electron chi connectivity index (χ4n) is 1.50. The molecular weight excluding hydrogens is 232 g/mol. The summed E-state index contributed by atoms with van der Waals surface area (Å²) in [5, 5.41) is 11.6. The van der Waals surface area contributed by atoms with Gasteiger partial charge >= 0.3 is 0 Å². The molecule has 2 rings (SSSR count). The number of carbonyl (C=O) groups is 1. The van der Waals surface area contributed by atoms with Gasteiger partial charge in [-0.1, -0.05) is 0 Å². The molecule has 1 aromatic heterocycles. The third-order valence-electron chi connectivity index (χ3n) is 2.12. The highest BCUT2D eigenvalue weighted by Crippen LogP contribution is 2.33. The van der Waals surface area contributed by atoms with Crippen LogP contribution in [-0.4, -0.2) is 21.8 Å². The Kier molecular flexibility index (Phi) is 2.17. The number of carbonyl (C=O) groups excluding carboxylic acids is 1. The number of anilines is 1. The van der Waals surface area contributed by atoms with Crippen LogP contribution in [0.4, 0.5) is 5.82 Å². The SMILES string of the molecule is CSc1c(C#N)c(N)n2c1C(=O)NC2=S. The zero-order chi connectivity index (χ0) is 11.2. The van der Waals surface area contributed by atoms with Crippen molar-refractivity contribution in [2.45, 2.75) is 4.90 Å². The molecule has 1 aliphatic rings. The predicted octanol–water partition coefficient (Wildman–Crippen LogP) is 0.540. The first-order valence-corrected chi connectivity index (χ1v) is 5.59. The number of nitrogens with two attached hydrogens (primary N) is 1. The molecule has 0 unspecified atom stereocenters. The summed E-state index contributed by atoms with van der Waals surface area (Å²) in [7, 11) is 0. The largest absolute Gasteiger partial charge is 0.384 e. The summed E-state index contributed by atoms with van der Waals surface area (Å²) in [6.07, 6.45) is 1.78. The Bertz CT molecular complexity index is 526. The normalized spacial score (nSPS) is 13.6. The average molecular weight is 238 g/mol. The van der Waals surface area contributed by atoms with Gasteiger partial charge < -0.3 is 5.73 Å². The number of hydrogen-bond donors (Lipinski definition) is 2. The lowest BCUT2D eigenvalue weighted by molar-refractivity contribution is 0.0979. The monoisotopic (exact) mass is 238 g/mol. The molecule has 0 bridgehead atoms. The molecular formula is C8H6N4OS2. The molecule has 2 heterocycles. The number of thiocarbonyl (C=S) groups is 1. The molecule has 76 valence electrons. The van der Waals surface area contributed by atoms with E-state index >= 15 is 0 Å². The van der Waals surface area contributed by atoms with Gasteiger partial charge in [-0.15, -0.1) is 11.8 Å². The van der Waals surface area contributed by atoms with Crippen LogP contribution in [-0.2, 0) is 0 Å². The first-order chi connectivity index (χ1) is 7.11. The van der Waals surface area contributed by atoms with E-state index in [4.69, 9.17) is 23.2 Å². The minimum absolute atomic E-state index is 0.222. The van der Waals surface area contributed by atoms with Crippen LogP contribution >= 0.6 is 24.0 Å². The van der Waals surface area contributed by atoms with Crippen molar-refractivity contribution >= 4 is 40.8 Å². The second-order valence-corrected chi connectivity index (χ2v) is 4.05. The summed E-state index contributed by atoms with van der Waals surface area (Å²) >= 11 is 6.25. The maximum atomic E-state index is 11.5. The van der Waals surface area contributed by atoms with Crippen LogP contribution in [0.5, 0.6) is 0 Å². The van der Waals surface area contributed by atoms with Crippen molar-refractivity contribution in [3.05, 3.63) is 11.3 Å². The lowest BCUT2D eigenvalue weighted by atomic mass is 10.3. The fourth-order valence-corrected chi connectivity index (χ4v) is 2.52. The Morgan fingerprint density at radius 1 is 1.67 bits per heavy atom. The molecule has 0 radical (unpaired) electrons. The summed E-state index contributed by atoms with van der Waals surface area (Å²) in [6, 6.07) is 1.98. The first kappa shape index (κ1) is 10.0. The number of nitriles is 1. The highest BCUT2D eigenvalue weighted by atomic mass is 32.2. The van der Waals surface area contributed by atoms with Crippen LogP contribution in [0.3, 0.4) is 0 Å². The number of hydrogen-bond acceptors (Lipinski definition) is 5. The maximum Gasteiger partial charge on any atom is 0.275 e. The van der Waals surface area contributed by atoms with Gasteiger partial charge in [0.2, 0.25) is 0 Å². The lowest BCUT2D eigenvalue weighted by Gasteiger charge is -1.98. The van der Waals surface area contributed by atoms with E-state index in [0.717, 1.165) is 0 Å². The van der Waals surface area contributed by atoms with Crippen molar-refractivity contribution in [2.75, 3.05) is 12.0 Å². The molecule has 3 N–H and O–H groups in total. The Morgan fingerprint density at radius 2 is 2.33 bits per heavy atom. The summed E-state index contributed by atoms with van der Waals surface area (Å²) < 4.78 is 1.40. The van der Waals surface area contributed by atoms with Crippen molar-refractivity contribution < 1.29 is 4.79 Å². The summed E-state index contributed by atoms with van der Waals surface area (Å²) in [5.74, 6) is -0.0854. The third kappa shape index (κ3) is 1.15. The number of fused-ring (bicyclic) bond motifs is 1. The Balaban J connectivity index is 2.84. The molecule has 1 aliphatic heterocycles. The predicted molar refractivity (Wildman–Crippen MR) is 60.8 cm³/mol. The molecule has 0 atom stereocenters. The average Bonchev–Trinajstić information content (AvgIpc) is 2.64. The van der Waals surface area contributed by atoms with Gasteiger partial charge in [-0.3, -0.25) is 14.7 Å². The second-order valence-electron chi connectivity index (χ2n) is 2.85. The lowest BCUT2D eigenvalue weighted by Crippen LogP contribution is -2.23. The molecule has 0 aliphatic carbocycles. The standard InChI is InChI=1S/C8H6N4OS2/c1-15-5-3(2-9)6(10)12-4(5)7(13)11-8(12)14/h10H2,1H3,(H,11,13,14). The minimum atomic E-state index is -0.308. The topological polar surface area (TPSA) is 83.8 Å². The highest BCUT2D eigenvalue weighted by Gasteiger charge is 2.33. The van der Waals surface area contributed by atoms with E-state index in [2.05, 4.69) is 5.32 Å². The molecule has 0 aromatic carbocycles. The summed E-state index contributed by atoms with van der Waals surface area (Å²) in [5.41, 5.74) is 6.42. The number of nitrogens with zero attached hydrogens (tertiary/aromatic N) is 2. The molecule has 1 amide bonds. The second kappa shape index (κ2) is 3.25. The van der Waals surface area contributed by atoms with Gasteiger partial charge in [-0.05, 0) is 18.5 Å². The molecule has 0 saturated carbocycles. The van der Waals surface area contributed by atoms with E-state index < -0.39 is 0 Å². The van der Waals surface area contributed by atoms with Crippen molar-refractivity contribution in [1.82, 2.24) is 9.88 Å². The van der Waals surface area contributed by atoms with Crippen LogP contribution in [0.2, 0.25) is 0 Å². The Labute approximate surface area is 95.2 Å². The molecule has 0 spiro atoms. The number of thioether (sulfide) groups is 1. The van der Waals surface area contributed by atoms with Crippen LogP contribution < -0.4 is 11.1 Å². The zero-order valence-corrected chi connectivity index (χ0v) is 9.33. The molecule has 7 heteroatoms. The zero-order valence-electron chi connectivity index (χ0n) is 7.70. The van der Waals surface area contributed by atoms with E-state index in [1.165, 1.54) is 16.3 Å². The minimum Gasteiger partial charge on any atom is -0.384 e. The van der Waals surface area contributed by atoms with Crippen LogP contribution in [0, 0.1) is 11.3 Å². The number of aromatic nitrogens is 1. The van der Waals surface area contributed by atoms with Crippen LogP contribution in [0.25, 0.3) is 0 Å². The van der Waals surface area contributed by atoms with E-state index in [0.29, 0.717) is 16.2 Å². The van der Waals surface area contributed by atoms with Gasteiger partial charge in [0, 0.05) is 0 Å². The van der Waals surface area contributed by atoms with Gasteiger partial charge in [0.1, 0.15) is 23.1 Å². The van der Waals surface area contributed by atoms with E-state index in [1.807, 2.05) is 6.07 Å². The third-order valence-corrected chi connectivity index (χ3v) is 3.21. The Hall–Kier alpha value is -1.52. The Morgan fingerprint density at radius 3 is 2.87 bits per heavy atom. The van der Waals surface area contributed by atoms with Crippen molar-refractivity contribution in [1.29, 1.82) is 5.26 Å². The quantitative estimate of drug-likeness (QED) is 0.551. The van der Waals surface area contributed by atoms with Crippen molar-refractivity contribution in [3.63, 3.8) is 0 Å². The molecule has 5 nitrogen and oxygen atoms in total. The molecule has 0 saturated heterocycles. The fraction of sp³-hybridized carbons (Fsp3) is 0.125. The van der Waals surface area contributed by atoms with Crippen LogP contribution in [0.1, 0.15) is 16.1 Å². The van der Waals surface area contributed by atoms with Crippen molar-refractivity contribution in [3.8, 4) is 6.07 Å². The number of rotatable bonds is 1. The molecule has 15 heavy (non-hydrogen) atoms. The van der Waals surface area contributed by atoms with E-state index in [-0.39, 0.29) is 16.8 Å². The van der Waals surface area contributed by atoms with Gasteiger partial charge in [0.25, 0.3) is 5.91 Å². The summed E-state index contributed by atoms with van der Waals surface area (Å²) in [6.45, 7) is 0. The van der Waals surface area contributed by atoms with Crippen molar-refractivity contribution in [2.24, 2.45) is 0 Å². The number of nitrogens with one attached hydrogen (secondary N) is 1. The maximum absolute atomic E-state index is 11.5. The van der Waals surface area contributed by atoms with Gasteiger partial charge in [0.05, 0.1) is 4.90 Å².